The number of halogens is 3. The largest absolute Gasteiger partial charge is 0.379 e. The van der Waals surface area contributed by atoms with Crippen molar-refractivity contribution in [2.45, 2.75) is 51.9 Å². The third kappa shape index (κ3) is 7.28. The Kier molecular flexibility index (Phi) is 9.03. The number of hydrogen-bond donors (Lipinski definition) is 4. The minimum atomic E-state index is -1.11. The number of rotatable bonds is 8. The molecule has 2 aromatic carbocycles. The average molecular weight is 478 g/mol. The maximum atomic E-state index is 14.0. The summed E-state index contributed by atoms with van der Waals surface area (Å²) in [6.45, 7) is 6.46. The highest BCUT2D eigenvalue weighted by molar-refractivity contribution is 6.05. The summed E-state index contributed by atoms with van der Waals surface area (Å²) in [7, 11) is 0. The highest BCUT2D eigenvalue weighted by Crippen LogP contribution is 2.23. The number of hydrogen-bond acceptors (Lipinski definition) is 5. The average Bonchev–Trinajstić information content (AvgIpc) is 3.25. The van der Waals surface area contributed by atoms with Gasteiger partial charge >= 0.3 is 0 Å². The first-order valence-electron chi connectivity index (χ1n) is 11.2. The van der Waals surface area contributed by atoms with Crippen molar-refractivity contribution in [3.63, 3.8) is 0 Å². The lowest BCUT2D eigenvalue weighted by atomic mass is 10.0. The first-order valence-corrected chi connectivity index (χ1v) is 11.2. The Hall–Kier alpha value is -2.95. The Morgan fingerprint density at radius 2 is 1.91 bits per heavy atom. The van der Waals surface area contributed by atoms with Gasteiger partial charge in [-0.3, -0.25) is 15.1 Å². The fraction of sp³-hybridized carbons (Fsp3) is 0.417. The van der Waals surface area contributed by atoms with Gasteiger partial charge in [-0.25, -0.2) is 24.0 Å². The van der Waals surface area contributed by atoms with E-state index in [2.05, 4.69) is 26.5 Å². The van der Waals surface area contributed by atoms with Crippen molar-refractivity contribution in [3.8, 4) is 0 Å². The number of carbonyl (C=O) groups is 1. The number of amides is 1. The number of guanidine groups is 1. The molecular formula is C24H30F3N5O2. The van der Waals surface area contributed by atoms with E-state index >= 15 is 0 Å². The van der Waals surface area contributed by atoms with Crippen molar-refractivity contribution in [3.05, 3.63) is 70.5 Å². The van der Waals surface area contributed by atoms with Crippen LogP contribution in [-0.4, -0.2) is 37.3 Å². The molecular weight excluding hydrogens is 447 g/mol. The lowest BCUT2D eigenvalue weighted by molar-refractivity contribution is 0.0782. The van der Waals surface area contributed by atoms with Gasteiger partial charge in [-0.05, 0) is 62.6 Å². The second kappa shape index (κ2) is 12.0. The monoisotopic (exact) mass is 477 g/mol. The van der Waals surface area contributed by atoms with Gasteiger partial charge < -0.3 is 10.1 Å². The van der Waals surface area contributed by atoms with Crippen molar-refractivity contribution in [1.29, 1.82) is 0 Å². The number of benzene rings is 2. The molecule has 1 amide bonds. The van der Waals surface area contributed by atoms with Gasteiger partial charge in [0, 0.05) is 31.2 Å². The Labute approximate surface area is 197 Å². The van der Waals surface area contributed by atoms with E-state index in [1.165, 1.54) is 12.1 Å². The normalized spacial score (nSPS) is 18.4. The van der Waals surface area contributed by atoms with Crippen LogP contribution < -0.4 is 21.5 Å². The second-order valence-electron chi connectivity index (χ2n) is 8.37. The maximum absolute atomic E-state index is 14.0. The van der Waals surface area contributed by atoms with Crippen LogP contribution in [-0.2, 0) is 4.74 Å². The zero-order valence-corrected chi connectivity index (χ0v) is 19.4. The lowest BCUT2D eigenvalue weighted by Gasteiger charge is -2.17. The number of nitrogens with one attached hydrogen (secondary N) is 4. The molecule has 7 nitrogen and oxygen atoms in total. The van der Waals surface area contributed by atoms with Crippen LogP contribution >= 0.6 is 0 Å². The number of aliphatic imine (C=N–C) groups is 1. The Balaban J connectivity index is 1.65. The molecule has 2 aromatic rings. The molecule has 1 heterocycles. The summed E-state index contributed by atoms with van der Waals surface area (Å²) in [5, 5.41) is 5.73. The molecule has 1 aliphatic heterocycles. The minimum absolute atomic E-state index is 0.0398. The molecule has 0 saturated carbocycles. The topological polar surface area (TPSA) is 86.8 Å². The van der Waals surface area contributed by atoms with E-state index in [1.807, 2.05) is 19.9 Å². The van der Waals surface area contributed by atoms with E-state index < -0.39 is 17.5 Å². The summed E-state index contributed by atoms with van der Waals surface area (Å²) >= 11 is 0. The molecule has 1 fully saturated rings. The van der Waals surface area contributed by atoms with Crippen molar-refractivity contribution in [2.24, 2.45) is 4.99 Å². The fourth-order valence-electron chi connectivity index (χ4n) is 3.37. The molecule has 1 saturated heterocycles. The van der Waals surface area contributed by atoms with Gasteiger partial charge in [0.1, 0.15) is 5.82 Å². The Morgan fingerprint density at radius 1 is 1.12 bits per heavy atom. The summed E-state index contributed by atoms with van der Waals surface area (Å²) in [6, 6.07) is 7.83. The molecule has 34 heavy (non-hydrogen) atoms. The van der Waals surface area contributed by atoms with Crippen LogP contribution in [0, 0.1) is 24.4 Å². The van der Waals surface area contributed by atoms with Gasteiger partial charge in [-0.1, -0.05) is 12.1 Å². The molecule has 4 N–H and O–H groups in total. The third-order valence-corrected chi connectivity index (χ3v) is 5.25. The number of nitrogens with zero attached hydrogens (tertiary/aromatic N) is 1. The van der Waals surface area contributed by atoms with Gasteiger partial charge in [0.25, 0.3) is 5.91 Å². The van der Waals surface area contributed by atoms with Gasteiger partial charge in [0.05, 0.1) is 12.3 Å². The quantitative estimate of drug-likeness (QED) is 0.266. The van der Waals surface area contributed by atoms with Crippen molar-refractivity contribution < 1.29 is 22.7 Å². The Morgan fingerprint density at radius 3 is 2.62 bits per heavy atom. The van der Waals surface area contributed by atoms with Gasteiger partial charge in [0.2, 0.25) is 0 Å². The summed E-state index contributed by atoms with van der Waals surface area (Å²) in [5.74, 6) is -2.88. The van der Waals surface area contributed by atoms with Gasteiger partial charge in [0.15, 0.2) is 17.6 Å². The Bertz CT molecular complexity index is 1030. The van der Waals surface area contributed by atoms with E-state index in [0.29, 0.717) is 31.6 Å². The standard InChI is InChI=1S/C24H30F3N5O2/c1-14(2)34-10-4-9-28-24(30-23(33)17-7-8-18(25)20(27)12-17)29-22-13-21(31-32-22)16-6-5-15(3)19(26)11-16/h5-8,11-12,14,21-22,31-32H,4,9-10,13H2,1-3H3,(H2,28,29,30,33). The van der Waals surface area contributed by atoms with Crippen LogP contribution in [0.5, 0.6) is 0 Å². The van der Waals surface area contributed by atoms with Crippen LogP contribution in [0.2, 0.25) is 0 Å². The van der Waals surface area contributed by atoms with Crippen LogP contribution in [0.15, 0.2) is 41.4 Å². The summed E-state index contributed by atoms with van der Waals surface area (Å²) < 4.78 is 46.2. The molecule has 3 rings (SSSR count). The van der Waals surface area contributed by atoms with Crippen molar-refractivity contribution in [1.82, 2.24) is 21.5 Å². The lowest BCUT2D eigenvalue weighted by Crippen LogP contribution is -2.50. The fourth-order valence-corrected chi connectivity index (χ4v) is 3.37. The first kappa shape index (κ1) is 25.7. The van der Waals surface area contributed by atoms with Crippen molar-refractivity contribution in [2.75, 3.05) is 13.2 Å². The summed E-state index contributed by atoms with van der Waals surface area (Å²) in [4.78, 5) is 17.0. The third-order valence-electron chi connectivity index (χ3n) is 5.25. The van der Waals surface area contributed by atoms with E-state index in [0.717, 1.165) is 17.7 Å². The first-order chi connectivity index (χ1) is 16.2. The summed E-state index contributed by atoms with van der Waals surface area (Å²) in [5.41, 5.74) is 7.49. The van der Waals surface area contributed by atoms with Gasteiger partial charge in [-0.15, -0.1) is 0 Å². The highest BCUT2D eigenvalue weighted by Gasteiger charge is 2.26. The number of hydrazine groups is 1. The molecule has 184 valence electrons. The molecule has 0 radical (unpaired) electrons. The van der Waals surface area contributed by atoms with Crippen LogP contribution in [0.3, 0.4) is 0 Å². The van der Waals surface area contributed by atoms with Crippen LogP contribution in [0.1, 0.15) is 54.2 Å². The smallest absolute Gasteiger partial charge is 0.258 e. The molecule has 0 aliphatic carbocycles. The second-order valence-corrected chi connectivity index (χ2v) is 8.37. The van der Waals surface area contributed by atoms with Crippen LogP contribution in [0.4, 0.5) is 13.2 Å². The highest BCUT2D eigenvalue weighted by atomic mass is 19.2. The van der Waals surface area contributed by atoms with Gasteiger partial charge in [-0.2, -0.15) is 0 Å². The molecule has 2 atom stereocenters. The number of ether oxygens (including phenoxy) is 1. The SMILES string of the molecule is Cc1ccc(C2CC(NC(=NCCCOC(C)C)NC(=O)c3ccc(F)c(F)c3)NN2)cc1F. The maximum Gasteiger partial charge on any atom is 0.258 e. The minimum Gasteiger partial charge on any atom is -0.379 e. The van der Waals surface area contributed by atoms with E-state index in [9.17, 15) is 18.0 Å². The molecule has 10 heteroatoms. The van der Waals surface area contributed by atoms with E-state index in [-0.39, 0.29) is 35.7 Å². The molecule has 0 spiro atoms. The zero-order valence-electron chi connectivity index (χ0n) is 19.4. The summed E-state index contributed by atoms with van der Waals surface area (Å²) in [6.07, 6.45) is 0.947. The molecule has 2 unspecified atom stereocenters. The molecule has 0 bridgehead atoms. The number of carbonyl (C=O) groups excluding carboxylic acids is 1. The van der Waals surface area contributed by atoms with E-state index in [1.54, 1.807) is 13.0 Å². The predicted octanol–water partition coefficient (Wildman–Crippen LogP) is 3.47. The number of aryl methyl sites for hydroxylation is 1. The van der Waals surface area contributed by atoms with Crippen LogP contribution in [0.25, 0.3) is 0 Å². The zero-order chi connectivity index (χ0) is 24.7. The molecule has 0 aromatic heterocycles. The van der Waals surface area contributed by atoms with Crippen molar-refractivity contribution >= 4 is 11.9 Å². The predicted molar refractivity (Wildman–Crippen MR) is 124 cm³/mol. The molecule has 1 aliphatic rings. The van der Waals surface area contributed by atoms with E-state index in [4.69, 9.17) is 4.74 Å².